The quantitative estimate of drug-likeness (QED) is 0.715. The molecular formula is C19H23ClN2O4S. The molecule has 0 saturated heterocycles. The number of amides is 1. The average molecular weight is 411 g/mol. The second kappa shape index (κ2) is 9.10. The molecule has 6 nitrogen and oxygen atoms in total. The van der Waals surface area contributed by atoms with E-state index in [-0.39, 0.29) is 0 Å². The largest absolute Gasteiger partial charge is 0.494 e. The maximum atomic E-state index is 12.8. The van der Waals surface area contributed by atoms with Crippen LogP contribution in [0.3, 0.4) is 0 Å². The average Bonchev–Trinajstić information content (AvgIpc) is 2.60. The normalized spacial score (nSPS) is 12.3. The molecule has 2 aromatic rings. The Labute approximate surface area is 165 Å². The molecule has 0 spiro atoms. The van der Waals surface area contributed by atoms with Crippen molar-refractivity contribution in [1.29, 1.82) is 0 Å². The minimum Gasteiger partial charge on any atom is -0.494 e. The summed E-state index contributed by atoms with van der Waals surface area (Å²) >= 11 is 6.00. The van der Waals surface area contributed by atoms with Gasteiger partial charge in [-0.2, -0.15) is 0 Å². The smallest absolute Gasteiger partial charge is 0.248 e. The summed E-state index contributed by atoms with van der Waals surface area (Å²) in [4.78, 5) is 12.8. The van der Waals surface area contributed by atoms with Crippen LogP contribution in [-0.4, -0.2) is 33.2 Å². The predicted octanol–water partition coefficient (Wildman–Crippen LogP) is 3.92. The van der Waals surface area contributed by atoms with E-state index in [9.17, 15) is 13.2 Å². The number of halogens is 1. The zero-order chi connectivity index (χ0) is 20.0. The maximum absolute atomic E-state index is 12.8. The molecule has 27 heavy (non-hydrogen) atoms. The fraction of sp³-hybridized carbons (Fsp3) is 0.316. The van der Waals surface area contributed by atoms with Crippen molar-refractivity contribution in [2.75, 3.05) is 22.5 Å². The van der Waals surface area contributed by atoms with Crippen molar-refractivity contribution in [3.63, 3.8) is 0 Å². The number of ether oxygens (including phenoxy) is 1. The molecule has 0 bridgehead atoms. The first-order valence-corrected chi connectivity index (χ1v) is 10.8. The Morgan fingerprint density at radius 1 is 1.19 bits per heavy atom. The number of nitrogens with one attached hydrogen (secondary N) is 1. The molecule has 0 aliphatic heterocycles. The summed E-state index contributed by atoms with van der Waals surface area (Å²) in [7, 11) is -3.70. The van der Waals surface area contributed by atoms with Gasteiger partial charge in [0, 0.05) is 10.7 Å². The molecule has 0 aromatic heterocycles. The number of carbonyl (C=O) groups excluding carboxylic acids is 1. The molecule has 8 heteroatoms. The molecule has 0 fully saturated rings. The van der Waals surface area contributed by atoms with Crippen LogP contribution in [0.2, 0.25) is 5.02 Å². The van der Waals surface area contributed by atoms with Crippen LogP contribution < -0.4 is 14.4 Å². The van der Waals surface area contributed by atoms with Gasteiger partial charge in [-0.3, -0.25) is 9.10 Å². The summed E-state index contributed by atoms with van der Waals surface area (Å²) in [6.45, 7) is 4.19. The van der Waals surface area contributed by atoms with E-state index in [0.717, 1.165) is 10.6 Å². The summed E-state index contributed by atoms with van der Waals surface area (Å²) in [5.74, 6) is 0.270. The number of sulfonamides is 1. The van der Waals surface area contributed by atoms with Crippen molar-refractivity contribution in [1.82, 2.24) is 0 Å². The van der Waals surface area contributed by atoms with Gasteiger partial charge in [0.25, 0.3) is 0 Å². The van der Waals surface area contributed by atoms with Crippen molar-refractivity contribution < 1.29 is 17.9 Å². The number of hydrogen-bond acceptors (Lipinski definition) is 4. The van der Waals surface area contributed by atoms with Crippen LogP contribution in [-0.2, 0) is 14.8 Å². The van der Waals surface area contributed by atoms with E-state index in [2.05, 4.69) is 5.32 Å². The second-order valence-electron chi connectivity index (χ2n) is 5.91. The molecule has 0 unspecified atom stereocenters. The lowest BCUT2D eigenvalue weighted by atomic mass is 10.1. The standard InChI is InChI=1S/C19H23ClN2O4S/c1-4-18(19(23)21-15-9-11-17(12-10-15)26-5-2)22(27(3,24)25)16-8-6-7-14(20)13-16/h6-13,18H,4-5H2,1-3H3,(H,21,23)/t18-/m1/s1. The van der Waals surface area contributed by atoms with Gasteiger partial charge >= 0.3 is 0 Å². The first-order valence-electron chi connectivity index (χ1n) is 8.55. The van der Waals surface area contributed by atoms with E-state index >= 15 is 0 Å². The molecule has 0 aliphatic carbocycles. The Morgan fingerprint density at radius 2 is 1.85 bits per heavy atom. The first kappa shape index (κ1) is 21.1. The van der Waals surface area contributed by atoms with Crippen LogP contribution in [0.4, 0.5) is 11.4 Å². The van der Waals surface area contributed by atoms with Crippen LogP contribution in [0, 0.1) is 0 Å². The van der Waals surface area contributed by atoms with E-state index in [0.29, 0.717) is 35.2 Å². The topological polar surface area (TPSA) is 75.7 Å². The fourth-order valence-corrected chi connectivity index (χ4v) is 4.09. The number of anilines is 2. The number of rotatable bonds is 8. The molecule has 2 aromatic carbocycles. The van der Waals surface area contributed by atoms with Gasteiger partial charge < -0.3 is 10.1 Å². The summed E-state index contributed by atoms with van der Waals surface area (Å²) in [6.07, 6.45) is 1.36. The van der Waals surface area contributed by atoms with E-state index in [4.69, 9.17) is 16.3 Å². The third kappa shape index (κ3) is 5.61. The predicted molar refractivity (Wildman–Crippen MR) is 109 cm³/mol. The van der Waals surface area contributed by atoms with Gasteiger partial charge in [0.15, 0.2) is 0 Å². The molecule has 0 saturated carbocycles. The monoisotopic (exact) mass is 410 g/mol. The van der Waals surface area contributed by atoms with Crippen LogP contribution in [0.15, 0.2) is 48.5 Å². The molecule has 1 N–H and O–H groups in total. The van der Waals surface area contributed by atoms with Crippen molar-refractivity contribution in [3.05, 3.63) is 53.6 Å². The summed E-state index contributed by atoms with van der Waals surface area (Å²) in [5, 5.41) is 3.16. The molecular weight excluding hydrogens is 388 g/mol. The van der Waals surface area contributed by atoms with Gasteiger partial charge in [-0.05, 0) is 55.8 Å². The Kier molecular flexibility index (Phi) is 7.10. The van der Waals surface area contributed by atoms with Gasteiger partial charge in [0.1, 0.15) is 11.8 Å². The highest BCUT2D eigenvalue weighted by atomic mass is 35.5. The van der Waals surface area contributed by atoms with Crippen LogP contribution in [0.1, 0.15) is 20.3 Å². The van der Waals surface area contributed by atoms with Crippen LogP contribution in [0.25, 0.3) is 0 Å². The van der Waals surface area contributed by atoms with Crippen LogP contribution >= 0.6 is 11.6 Å². The lowest BCUT2D eigenvalue weighted by Crippen LogP contribution is -2.47. The molecule has 1 atom stereocenters. The highest BCUT2D eigenvalue weighted by molar-refractivity contribution is 7.92. The van der Waals surface area contributed by atoms with Crippen LogP contribution in [0.5, 0.6) is 5.75 Å². The third-order valence-electron chi connectivity index (χ3n) is 3.83. The first-order chi connectivity index (χ1) is 12.8. The number of benzene rings is 2. The van der Waals surface area contributed by atoms with E-state index in [1.54, 1.807) is 49.4 Å². The van der Waals surface area contributed by atoms with Gasteiger partial charge in [-0.25, -0.2) is 8.42 Å². The molecule has 1 amide bonds. The fourth-order valence-electron chi connectivity index (χ4n) is 2.70. The highest BCUT2D eigenvalue weighted by Gasteiger charge is 2.31. The van der Waals surface area contributed by atoms with Gasteiger partial charge in [0.05, 0.1) is 18.6 Å². The van der Waals surface area contributed by atoms with Gasteiger partial charge in [-0.1, -0.05) is 24.6 Å². The van der Waals surface area contributed by atoms with E-state index in [1.165, 1.54) is 6.07 Å². The Hall–Kier alpha value is -2.25. The maximum Gasteiger partial charge on any atom is 0.248 e. The Bertz CT molecular complexity index is 885. The SMILES string of the molecule is CCOc1ccc(NC(=O)[C@@H](CC)N(c2cccc(Cl)c2)S(C)(=O)=O)cc1. The number of hydrogen-bond donors (Lipinski definition) is 1. The molecule has 146 valence electrons. The van der Waals surface area contributed by atoms with E-state index < -0.39 is 22.0 Å². The van der Waals surface area contributed by atoms with Crippen molar-refractivity contribution in [2.24, 2.45) is 0 Å². The summed E-state index contributed by atoms with van der Waals surface area (Å²) in [6, 6.07) is 12.4. The molecule has 0 aliphatic rings. The minimum absolute atomic E-state index is 0.294. The Morgan fingerprint density at radius 3 is 2.37 bits per heavy atom. The summed E-state index contributed by atoms with van der Waals surface area (Å²) in [5.41, 5.74) is 0.903. The molecule has 0 heterocycles. The van der Waals surface area contributed by atoms with Gasteiger partial charge in [0.2, 0.25) is 15.9 Å². The van der Waals surface area contributed by atoms with E-state index in [1.807, 2.05) is 6.92 Å². The summed E-state index contributed by atoms with van der Waals surface area (Å²) < 4.78 is 31.3. The number of carbonyl (C=O) groups is 1. The zero-order valence-corrected chi connectivity index (χ0v) is 17.0. The zero-order valence-electron chi connectivity index (χ0n) is 15.5. The lowest BCUT2D eigenvalue weighted by molar-refractivity contribution is -0.117. The Balaban J connectivity index is 2.29. The lowest BCUT2D eigenvalue weighted by Gasteiger charge is -2.30. The highest BCUT2D eigenvalue weighted by Crippen LogP contribution is 2.26. The number of nitrogens with zero attached hydrogens (tertiary/aromatic N) is 1. The second-order valence-corrected chi connectivity index (χ2v) is 8.21. The van der Waals surface area contributed by atoms with Gasteiger partial charge in [-0.15, -0.1) is 0 Å². The minimum atomic E-state index is -3.70. The van der Waals surface area contributed by atoms with Crippen molar-refractivity contribution in [2.45, 2.75) is 26.3 Å². The molecule has 2 rings (SSSR count). The van der Waals surface area contributed by atoms with Crippen molar-refractivity contribution in [3.8, 4) is 5.75 Å². The molecule has 0 radical (unpaired) electrons. The van der Waals surface area contributed by atoms with Crippen molar-refractivity contribution >= 4 is 38.9 Å². The third-order valence-corrected chi connectivity index (χ3v) is 5.24.